The van der Waals surface area contributed by atoms with E-state index in [0.717, 1.165) is 22.8 Å². The minimum atomic E-state index is -4.64. The summed E-state index contributed by atoms with van der Waals surface area (Å²) in [6.07, 6.45) is -2.23. The van der Waals surface area contributed by atoms with Gasteiger partial charge in [-0.25, -0.2) is 9.50 Å². The van der Waals surface area contributed by atoms with Crippen LogP contribution >= 0.6 is 15.9 Å². The number of alkyl halides is 3. The molecule has 13 heteroatoms. The molecule has 0 aliphatic carbocycles. The van der Waals surface area contributed by atoms with Crippen molar-refractivity contribution in [3.05, 3.63) is 133 Å². The molecule has 1 atom stereocenters. The highest BCUT2D eigenvalue weighted by molar-refractivity contribution is 9.10. The van der Waals surface area contributed by atoms with E-state index in [1.807, 2.05) is 61.5 Å². The second-order valence-electron chi connectivity index (χ2n) is 11.6. The zero-order chi connectivity index (χ0) is 33.0. The van der Waals surface area contributed by atoms with Crippen LogP contribution in [0.2, 0.25) is 0 Å². The van der Waals surface area contributed by atoms with Gasteiger partial charge in [-0.15, -0.1) is 0 Å². The number of amides is 1. The van der Waals surface area contributed by atoms with Crippen LogP contribution in [0.4, 0.5) is 13.2 Å². The number of aromatic nitrogens is 6. The number of hydrogen-bond donors (Lipinski definition) is 1. The highest BCUT2D eigenvalue weighted by Gasteiger charge is 2.36. The Morgan fingerprint density at radius 2 is 1.81 bits per heavy atom. The summed E-state index contributed by atoms with van der Waals surface area (Å²) < 4.78 is 44.2. The van der Waals surface area contributed by atoms with Crippen molar-refractivity contribution in [2.45, 2.75) is 45.5 Å². The summed E-state index contributed by atoms with van der Waals surface area (Å²) >= 11 is 2.95. The number of carbonyl (C=O) groups excluding carboxylic acids is 1. The zero-order valence-electron chi connectivity index (χ0n) is 25.2. The molecule has 0 saturated carbocycles. The van der Waals surface area contributed by atoms with Crippen molar-refractivity contribution in [2.75, 3.05) is 0 Å². The van der Waals surface area contributed by atoms with Crippen LogP contribution < -0.4 is 5.56 Å². The maximum atomic E-state index is 14.4. The topological polar surface area (TPSA) is 101 Å². The normalized spacial score (nSPS) is 14.9. The van der Waals surface area contributed by atoms with E-state index in [4.69, 9.17) is 5.10 Å². The maximum Gasteiger partial charge on any atom is 0.417 e. The summed E-state index contributed by atoms with van der Waals surface area (Å²) in [7, 11) is 0. The van der Waals surface area contributed by atoms with Crippen LogP contribution in [-0.4, -0.2) is 46.2 Å². The summed E-state index contributed by atoms with van der Waals surface area (Å²) in [5, 5.41) is 11.8. The molecule has 1 aliphatic heterocycles. The first-order valence-electron chi connectivity index (χ1n) is 14.8. The van der Waals surface area contributed by atoms with E-state index >= 15 is 0 Å². The van der Waals surface area contributed by atoms with Gasteiger partial charge >= 0.3 is 6.18 Å². The summed E-state index contributed by atoms with van der Waals surface area (Å²) in [5.41, 5.74) is 3.51. The van der Waals surface area contributed by atoms with Gasteiger partial charge in [0, 0.05) is 39.2 Å². The van der Waals surface area contributed by atoms with Crippen molar-refractivity contribution in [3.8, 4) is 17.1 Å². The smallest absolute Gasteiger partial charge is 0.330 e. The molecular weight excluding hydrogens is 675 g/mol. The van der Waals surface area contributed by atoms with E-state index in [2.05, 4.69) is 31.1 Å². The number of nitrogens with one attached hydrogen (secondary N) is 1. The number of nitrogens with zero attached hydrogens (tertiary/aromatic N) is 6. The van der Waals surface area contributed by atoms with Crippen molar-refractivity contribution >= 4 is 27.5 Å². The Morgan fingerprint density at radius 3 is 2.49 bits per heavy atom. The first-order valence-corrected chi connectivity index (χ1v) is 15.6. The molecule has 238 valence electrons. The second kappa shape index (κ2) is 11.6. The molecule has 9 nitrogen and oxygen atoms in total. The molecular formula is C34H27BrF3N7O2. The van der Waals surface area contributed by atoms with Crippen LogP contribution in [0.5, 0.6) is 0 Å². The molecule has 3 aromatic carbocycles. The van der Waals surface area contributed by atoms with E-state index < -0.39 is 23.7 Å². The molecule has 4 heterocycles. The number of aryl methyl sites for hydroxylation is 1. The Labute approximate surface area is 274 Å². The summed E-state index contributed by atoms with van der Waals surface area (Å²) in [5.74, 6) is 0.662. The predicted octanol–water partition coefficient (Wildman–Crippen LogP) is 6.54. The van der Waals surface area contributed by atoms with Crippen molar-refractivity contribution < 1.29 is 18.0 Å². The third kappa shape index (κ3) is 5.54. The lowest BCUT2D eigenvalue weighted by atomic mass is 9.97. The first-order chi connectivity index (χ1) is 22.5. The largest absolute Gasteiger partial charge is 0.417 e. The Kier molecular flexibility index (Phi) is 7.58. The molecule has 1 N–H and O–H groups in total. The van der Waals surface area contributed by atoms with Gasteiger partial charge in [0.05, 0.1) is 29.7 Å². The molecule has 0 fully saturated rings. The third-order valence-corrected chi connectivity index (χ3v) is 9.14. The van der Waals surface area contributed by atoms with E-state index in [9.17, 15) is 22.8 Å². The SMILES string of the molecule is Cc1nc(-c2ccc(-n3c(=O)c4c(n5ncc(Cc6ccccc6)c35)CN(C(=O)c3ccc(Br)c(C(F)(F)F)c3)C(C)C4)cc2)n[nH]1. The lowest BCUT2D eigenvalue weighted by Crippen LogP contribution is -2.46. The van der Waals surface area contributed by atoms with Gasteiger partial charge in [-0.1, -0.05) is 46.3 Å². The molecule has 0 saturated heterocycles. The average molecular weight is 703 g/mol. The molecule has 1 unspecified atom stereocenters. The fraction of sp³-hybridized carbons (Fsp3) is 0.206. The van der Waals surface area contributed by atoms with Crippen molar-refractivity contribution in [3.63, 3.8) is 0 Å². The predicted molar refractivity (Wildman–Crippen MR) is 172 cm³/mol. The van der Waals surface area contributed by atoms with Gasteiger partial charge in [0.2, 0.25) is 0 Å². The number of benzene rings is 3. The Hall–Kier alpha value is -5.04. The lowest BCUT2D eigenvalue weighted by molar-refractivity contribution is -0.138. The van der Waals surface area contributed by atoms with Gasteiger partial charge in [0.25, 0.3) is 11.5 Å². The van der Waals surface area contributed by atoms with E-state index in [0.29, 0.717) is 40.7 Å². The minimum Gasteiger partial charge on any atom is -0.330 e. The summed E-state index contributed by atoms with van der Waals surface area (Å²) in [6.45, 7) is 3.60. The molecule has 0 bridgehead atoms. The number of hydrogen-bond acceptors (Lipinski definition) is 5. The number of H-pyrrole nitrogens is 1. The number of carbonyl (C=O) groups is 1. The third-order valence-electron chi connectivity index (χ3n) is 8.44. The quantitative estimate of drug-likeness (QED) is 0.220. The summed E-state index contributed by atoms with van der Waals surface area (Å²) in [4.78, 5) is 34.1. The number of halogens is 4. The molecule has 1 amide bonds. The monoisotopic (exact) mass is 701 g/mol. The van der Waals surface area contributed by atoms with Crippen molar-refractivity contribution in [1.82, 2.24) is 34.3 Å². The maximum absolute atomic E-state index is 14.4. The fourth-order valence-corrected chi connectivity index (χ4v) is 6.58. The van der Waals surface area contributed by atoms with E-state index in [1.165, 1.54) is 17.0 Å². The van der Waals surface area contributed by atoms with Gasteiger partial charge in [-0.3, -0.25) is 19.3 Å². The number of rotatable bonds is 5. The average Bonchev–Trinajstić information content (AvgIpc) is 3.67. The van der Waals surface area contributed by atoms with E-state index in [1.54, 1.807) is 22.2 Å². The van der Waals surface area contributed by atoms with Crippen LogP contribution in [0.3, 0.4) is 0 Å². The van der Waals surface area contributed by atoms with E-state index in [-0.39, 0.29) is 28.6 Å². The van der Waals surface area contributed by atoms with Gasteiger partial charge in [0.1, 0.15) is 11.5 Å². The molecule has 0 spiro atoms. The van der Waals surface area contributed by atoms with Gasteiger partial charge < -0.3 is 4.90 Å². The standard InChI is InChI=1S/C34H27BrF3N7O2/c1-19-14-26-29(18-43(19)32(46)23-10-13-28(35)27(16-23)34(36,37)38)45-31(24(17-39-45)15-21-6-4-3-5-7-21)44(33(26)47)25-11-8-22(9-12-25)30-40-20(2)41-42-30/h3-13,16-17,19H,14-15,18H2,1-2H3,(H,40,41,42). The molecule has 7 rings (SSSR count). The molecule has 1 aliphatic rings. The Balaban J connectivity index is 1.35. The Morgan fingerprint density at radius 1 is 1.06 bits per heavy atom. The number of aromatic amines is 1. The highest BCUT2D eigenvalue weighted by atomic mass is 79.9. The minimum absolute atomic E-state index is 0.00506. The second-order valence-corrected chi connectivity index (χ2v) is 12.5. The van der Waals surface area contributed by atoms with Crippen molar-refractivity contribution in [2.24, 2.45) is 0 Å². The highest BCUT2D eigenvalue weighted by Crippen LogP contribution is 2.36. The van der Waals surface area contributed by atoms with Crippen molar-refractivity contribution in [1.29, 1.82) is 0 Å². The first kappa shape index (κ1) is 30.6. The van der Waals surface area contributed by atoms with Gasteiger partial charge in [-0.05, 0) is 68.3 Å². The van der Waals surface area contributed by atoms with Crippen LogP contribution in [0.15, 0.2) is 88.3 Å². The van der Waals surface area contributed by atoms with Crippen LogP contribution in [0.1, 0.15) is 51.1 Å². The number of fused-ring (bicyclic) bond motifs is 3. The van der Waals surface area contributed by atoms with Gasteiger partial charge in [-0.2, -0.15) is 23.4 Å². The van der Waals surface area contributed by atoms with Crippen LogP contribution in [0, 0.1) is 6.92 Å². The molecule has 0 radical (unpaired) electrons. The lowest BCUT2D eigenvalue weighted by Gasteiger charge is -2.35. The Bertz CT molecular complexity index is 2210. The summed E-state index contributed by atoms with van der Waals surface area (Å²) in [6, 6.07) is 20.2. The molecule has 47 heavy (non-hydrogen) atoms. The van der Waals surface area contributed by atoms with Crippen LogP contribution in [-0.2, 0) is 25.6 Å². The fourth-order valence-electron chi connectivity index (χ4n) is 6.11. The van der Waals surface area contributed by atoms with Crippen LogP contribution in [0.25, 0.3) is 22.7 Å². The molecule has 3 aromatic heterocycles. The van der Waals surface area contributed by atoms with Gasteiger partial charge in [0.15, 0.2) is 5.82 Å². The molecule has 6 aromatic rings. The zero-order valence-corrected chi connectivity index (χ0v) is 26.8.